The molecule has 0 unspecified atom stereocenters. The number of rotatable bonds is 3. The van der Waals surface area contributed by atoms with Crippen molar-refractivity contribution >= 4 is 34.8 Å². The molecular weight excluding hydrogens is 430 g/mol. The molecule has 0 bridgehead atoms. The zero-order chi connectivity index (χ0) is 23.8. The summed E-state index contributed by atoms with van der Waals surface area (Å²) >= 11 is 0. The van der Waals surface area contributed by atoms with Crippen LogP contribution < -0.4 is 14.5 Å². The molecule has 4 aromatic rings. The van der Waals surface area contributed by atoms with Crippen molar-refractivity contribution in [3.05, 3.63) is 59.3 Å². The summed E-state index contributed by atoms with van der Waals surface area (Å²) in [5.41, 5.74) is 6.56. The molecule has 0 amide bonds. The Kier molecular flexibility index (Phi) is 4.93. The van der Waals surface area contributed by atoms with E-state index in [0.717, 1.165) is 17.4 Å². The lowest BCUT2D eigenvalue weighted by Gasteiger charge is -2.26. The fourth-order valence-electron chi connectivity index (χ4n) is 6.36. The van der Waals surface area contributed by atoms with E-state index in [4.69, 9.17) is 4.74 Å². The Morgan fingerprint density at radius 2 is 1.71 bits per heavy atom. The van der Waals surface area contributed by atoms with Crippen LogP contribution in [0.3, 0.4) is 0 Å². The number of fused-ring (bicyclic) bond motifs is 3. The Bertz CT molecular complexity index is 1470. The summed E-state index contributed by atoms with van der Waals surface area (Å²) in [5.74, 6) is 2.91. The van der Waals surface area contributed by atoms with E-state index in [9.17, 15) is 0 Å². The molecule has 1 aromatic heterocycles. The summed E-state index contributed by atoms with van der Waals surface area (Å²) < 4.78 is 9.14. The molecule has 34 heavy (non-hydrogen) atoms. The van der Waals surface area contributed by atoms with Crippen LogP contribution in [0.15, 0.2) is 42.6 Å². The lowest BCUT2D eigenvalue weighted by Crippen LogP contribution is -2.37. The maximum atomic E-state index is 6.85. The van der Waals surface area contributed by atoms with Crippen molar-refractivity contribution < 1.29 is 9.30 Å². The van der Waals surface area contributed by atoms with Crippen LogP contribution in [-0.2, 0) is 13.5 Å². The maximum absolute atomic E-state index is 6.85. The highest BCUT2D eigenvalue weighted by Gasteiger charge is 2.32. The van der Waals surface area contributed by atoms with Gasteiger partial charge in [0.1, 0.15) is 18.5 Å². The van der Waals surface area contributed by atoms with Crippen LogP contribution in [0.5, 0.6) is 11.5 Å². The first-order valence-electron chi connectivity index (χ1n) is 12.9. The summed E-state index contributed by atoms with van der Waals surface area (Å²) in [6.07, 6.45) is 8.92. The lowest BCUT2D eigenvalue weighted by molar-refractivity contribution is -0.659. The van der Waals surface area contributed by atoms with Gasteiger partial charge in [0.2, 0.25) is 5.69 Å². The quantitative estimate of drug-likeness (QED) is 0.198. The molecule has 1 fully saturated rings. The van der Waals surface area contributed by atoms with Crippen LogP contribution in [0.1, 0.15) is 42.4 Å². The Morgan fingerprint density at radius 3 is 2.44 bits per heavy atom. The molecule has 1 aliphatic carbocycles. The second-order valence-corrected chi connectivity index (χ2v) is 16.8. The molecule has 174 valence electrons. The molecule has 2 aliphatic rings. The average Bonchev–Trinajstić information content (AvgIpc) is 3.31. The summed E-state index contributed by atoms with van der Waals surface area (Å²) in [7, 11) is 0.771. The SMILES string of the molecule is Cc1c2c(c(C)c3ccc([Si](C)(C)C)cc13)-c1c3c(cc(CC4CCCC4)cc3cc[n+]1C)O2. The minimum atomic E-state index is -1.40. The standard InChI is InChI=1S/C31H36NOSi/c1-19-25-12-11-24(34(4,5)6)18-26(25)20(2)31-28(19)30-29-23(13-14-32(30)3)16-22(17-27(29)33-31)15-21-9-7-8-10-21/h11-14,16-18,21H,7-10,15H2,1-6H3/q+1. The number of ether oxygens (including phenoxy) is 1. The molecule has 0 saturated heterocycles. The molecule has 1 saturated carbocycles. The fraction of sp³-hybridized carbons (Fsp3) is 0.387. The summed E-state index contributed by atoms with van der Waals surface area (Å²) in [5, 5.41) is 6.76. The van der Waals surface area contributed by atoms with Crippen molar-refractivity contribution in [2.45, 2.75) is 65.6 Å². The van der Waals surface area contributed by atoms with Crippen LogP contribution in [0.2, 0.25) is 19.6 Å². The van der Waals surface area contributed by atoms with E-state index in [0.29, 0.717) is 0 Å². The van der Waals surface area contributed by atoms with Gasteiger partial charge in [-0.25, -0.2) is 4.57 Å². The third-order valence-electron chi connectivity index (χ3n) is 8.34. The van der Waals surface area contributed by atoms with Crippen molar-refractivity contribution in [3.8, 4) is 22.8 Å². The molecule has 0 N–H and O–H groups in total. The van der Waals surface area contributed by atoms with Gasteiger partial charge in [-0.15, -0.1) is 0 Å². The highest BCUT2D eigenvalue weighted by Crippen LogP contribution is 2.50. The smallest absolute Gasteiger partial charge is 0.228 e. The van der Waals surface area contributed by atoms with Crippen molar-refractivity contribution in [2.75, 3.05) is 0 Å². The molecule has 1 aliphatic heterocycles. The molecule has 6 rings (SSSR count). The Hall–Kier alpha value is -2.65. The van der Waals surface area contributed by atoms with Crippen LogP contribution >= 0.6 is 0 Å². The highest BCUT2D eigenvalue weighted by molar-refractivity contribution is 6.88. The molecule has 2 heterocycles. The minimum Gasteiger partial charge on any atom is -0.455 e. The second kappa shape index (κ2) is 7.68. The van der Waals surface area contributed by atoms with Gasteiger partial charge in [0.05, 0.1) is 19.0 Å². The van der Waals surface area contributed by atoms with E-state index in [1.54, 1.807) is 0 Å². The van der Waals surface area contributed by atoms with Crippen LogP contribution in [0.4, 0.5) is 0 Å². The fourth-order valence-corrected chi connectivity index (χ4v) is 7.52. The van der Waals surface area contributed by atoms with Gasteiger partial charge in [0, 0.05) is 11.6 Å². The minimum absolute atomic E-state index is 0.827. The number of aryl methyl sites for hydroxylation is 3. The predicted molar refractivity (Wildman–Crippen MR) is 146 cm³/mol. The topological polar surface area (TPSA) is 13.1 Å². The van der Waals surface area contributed by atoms with Crippen molar-refractivity contribution in [1.29, 1.82) is 0 Å². The molecule has 0 spiro atoms. The number of nitrogens with zero attached hydrogens (tertiary/aromatic N) is 1. The van der Waals surface area contributed by atoms with Gasteiger partial charge in [0.15, 0.2) is 6.20 Å². The van der Waals surface area contributed by atoms with E-state index in [1.165, 1.54) is 86.8 Å². The molecule has 3 heteroatoms. The van der Waals surface area contributed by atoms with Gasteiger partial charge in [0.25, 0.3) is 0 Å². The van der Waals surface area contributed by atoms with Gasteiger partial charge in [-0.2, -0.15) is 0 Å². The Morgan fingerprint density at radius 1 is 0.941 bits per heavy atom. The number of aromatic nitrogens is 1. The van der Waals surface area contributed by atoms with Gasteiger partial charge >= 0.3 is 0 Å². The first kappa shape index (κ1) is 21.9. The monoisotopic (exact) mass is 466 g/mol. The average molecular weight is 467 g/mol. The van der Waals surface area contributed by atoms with E-state index in [2.05, 4.69) is 87.7 Å². The normalized spacial score (nSPS) is 15.7. The van der Waals surface area contributed by atoms with E-state index < -0.39 is 8.07 Å². The van der Waals surface area contributed by atoms with E-state index in [1.807, 2.05) is 0 Å². The van der Waals surface area contributed by atoms with Crippen LogP contribution in [0.25, 0.3) is 32.8 Å². The number of pyridine rings is 1. The van der Waals surface area contributed by atoms with Crippen molar-refractivity contribution in [3.63, 3.8) is 0 Å². The van der Waals surface area contributed by atoms with Crippen molar-refractivity contribution in [1.82, 2.24) is 0 Å². The lowest BCUT2D eigenvalue weighted by atomic mass is 9.88. The number of benzene rings is 3. The number of hydrogen-bond acceptors (Lipinski definition) is 1. The zero-order valence-electron chi connectivity index (χ0n) is 21.5. The predicted octanol–water partition coefficient (Wildman–Crippen LogP) is 7.48. The molecule has 0 radical (unpaired) electrons. The Balaban J connectivity index is 1.61. The third kappa shape index (κ3) is 3.31. The maximum Gasteiger partial charge on any atom is 0.228 e. The van der Waals surface area contributed by atoms with Crippen LogP contribution in [0, 0.1) is 19.8 Å². The Labute approximate surface area is 204 Å². The van der Waals surface area contributed by atoms with Crippen molar-refractivity contribution in [2.24, 2.45) is 13.0 Å². The van der Waals surface area contributed by atoms with E-state index >= 15 is 0 Å². The first-order chi connectivity index (χ1) is 16.2. The zero-order valence-corrected chi connectivity index (χ0v) is 22.5. The highest BCUT2D eigenvalue weighted by atomic mass is 28.3. The molecule has 3 aromatic carbocycles. The molecule has 2 nitrogen and oxygen atoms in total. The summed E-state index contributed by atoms with van der Waals surface area (Å²) in [6.45, 7) is 11.8. The van der Waals surface area contributed by atoms with Gasteiger partial charge in [-0.05, 0) is 59.5 Å². The van der Waals surface area contributed by atoms with Gasteiger partial charge in [-0.3, -0.25) is 0 Å². The van der Waals surface area contributed by atoms with E-state index in [-0.39, 0.29) is 0 Å². The summed E-state index contributed by atoms with van der Waals surface area (Å²) in [6, 6.07) is 14.2. The second-order valence-electron chi connectivity index (χ2n) is 11.8. The number of hydrogen-bond donors (Lipinski definition) is 0. The molecular formula is C31H36NOSi+. The van der Waals surface area contributed by atoms with Gasteiger partial charge in [-0.1, -0.05) is 74.8 Å². The summed E-state index contributed by atoms with van der Waals surface area (Å²) in [4.78, 5) is 0. The molecule has 0 atom stereocenters. The largest absolute Gasteiger partial charge is 0.455 e. The van der Waals surface area contributed by atoms with Gasteiger partial charge < -0.3 is 4.74 Å². The first-order valence-corrected chi connectivity index (χ1v) is 16.4. The third-order valence-corrected chi connectivity index (χ3v) is 10.4. The van der Waals surface area contributed by atoms with Crippen LogP contribution in [-0.4, -0.2) is 8.07 Å².